The number of benzene rings is 4. The number of amides is 2. The Labute approximate surface area is 219 Å². The minimum Gasteiger partial charge on any atom is -0.368 e. The molecule has 4 aromatic carbocycles. The van der Waals surface area contributed by atoms with E-state index in [1.54, 1.807) is 0 Å². The SMILES string of the molecule is NC(=O)[C@@H](Cc1ccc(I)cc1)NC(=O)CC(c1ccccc1)(c1ccccc1)c1ccccc1. The molecule has 4 aromatic rings. The van der Waals surface area contributed by atoms with Gasteiger partial charge in [-0.05, 0) is 57.0 Å². The zero-order chi connectivity index (χ0) is 24.7. The average Bonchev–Trinajstić information content (AvgIpc) is 2.89. The highest BCUT2D eigenvalue weighted by atomic mass is 127. The molecule has 0 aromatic heterocycles. The van der Waals surface area contributed by atoms with Gasteiger partial charge in [0.2, 0.25) is 11.8 Å². The molecule has 0 bridgehead atoms. The van der Waals surface area contributed by atoms with Gasteiger partial charge in [0.15, 0.2) is 0 Å². The van der Waals surface area contributed by atoms with Gasteiger partial charge >= 0.3 is 0 Å². The highest BCUT2D eigenvalue weighted by molar-refractivity contribution is 14.1. The maximum atomic E-state index is 13.6. The van der Waals surface area contributed by atoms with Gasteiger partial charge in [-0.1, -0.05) is 103 Å². The molecule has 4 rings (SSSR count). The van der Waals surface area contributed by atoms with Crippen molar-refractivity contribution in [3.05, 3.63) is 141 Å². The summed E-state index contributed by atoms with van der Waals surface area (Å²) in [6, 6.07) is 37.1. The van der Waals surface area contributed by atoms with Crippen molar-refractivity contribution in [3.63, 3.8) is 0 Å². The van der Waals surface area contributed by atoms with Crippen molar-refractivity contribution in [3.8, 4) is 0 Å². The first-order chi connectivity index (χ1) is 17.0. The summed E-state index contributed by atoms with van der Waals surface area (Å²) in [7, 11) is 0. The van der Waals surface area contributed by atoms with Gasteiger partial charge in [-0.2, -0.15) is 0 Å². The van der Waals surface area contributed by atoms with Gasteiger partial charge in [-0.15, -0.1) is 0 Å². The highest BCUT2D eigenvalue weighted by Gasteiger charge is 2.39. The first kappa shape index (κ1) is 24.7. The molecule has 0 saturated heterocycles. The Morgan fingerprint density at radius 1 is 0.714 bits per heavy atom. The summed E-state index contributed by atoms with van der Waals surface area (Å²) in [6.45, 7) is 0. The van der Waals surface area contributed by atoms with E-state index >= 15 is 0 Å². The van der Waals surface area contributed by atoms with Gasteiger partial charge < -0.3 is 11.1 Å². The zero-order valence-electron chi connectivity index (χ0n) is 19.2. The summed E-state index contributed by atoms with van der Waals surface area (Å²) in [6.07, 6.45) is 0.467. The smallest absolute Gasteiger partial charge is 0.240 e. The van der Waals surface area contributed by atoms with E-state index in [0.29, 0.717) is 6.42 Å². The average molecular weight is 574 g/mol. The lowest BCUT2D eigenvalue weighted by Crippen LogP contribution is -2.48. The maximum absolute atomic E-state index is 13.6. The van der Waals surface area contributed by atoms with E-state index in [1.165, 1.54) is 0 Å². The quantitative estimate of drug-likeness (QED) is 0.212. The Hall–Kier alpha value is -3.45. The van der Waals surface area contributed by atoms with E-state index in [0.717, 1.165) is 25.8 Å². The molecule has 3 N–H and O–H groups in total. The molecule has 0 unspecified atom stereocenters. The summed E-state index contributed by atoms with van der Waals surface area (Å²) >= 11 is 2.23. The number of rotatable bonds is 9. The largest absolute Gasteiger partial charge is 0.368 e. The van der Waals surface area contributed by atoms with Gasteiger partial charge in [0, 0.05) is 16.4 Å². The van der Waals surface area contributed by atoms with Crippen LogP contribution in [0.25, 0.3) is 0 Å². The Balaban J connectivity index is 1.72. The molecule has 0 aliphatic heterocycles. The van der Waals surface area contributed by atoms with Crippen LogP contribution in [0.4, 0.5) is 0 Å². The lowest BCUT2D eigenvalue weighted by atomic mass is 9.67. The third kappa shape index (κ3) is 5.80. The lowest BCUT2D eigenvalue weighted by molar-refractivity contribution is -0.127. The van der Waals surface area contributed by atoms with Crippen molar-refractivity contribution in [2.45, 2.75) is 24.3 Å². The van der Waals surface area contributed by atoms with Gasteiger partial charge in [0.25, 0.3) is 0 Å². The van der Waals surface area contributed by atoms with Gasteiger partial charge in [-0.25, -0.2) is 0 Å². The minimum atomic E-state index is -0.803. The molecule has 1 atom stereocenters. The Bertz CT molecular complexity index is 1160. The monoisotopic (exact) mass is 574 g/mol. The van der Waals surface area contributed by atoms with E-state index < -0.39 is 17.4 Å². The molecule has 0 saturated carbocycles. The second-order valence-corrected chi connectivity index (χ2v) is 9.78. The molecule has 5 heteroatoms. The minimum absolute atomic E-state index is 0.126. The summed E-state index contributed by atoms with van der Waals surface area (Å²) in [5, 5.41) is 2.93. The van der Waals surface area contributed by atoms with Crippen LogP contribution in [0.3, 0.4) is 0 Å². The Kier molecular flexibility index (Phi) is 7.98. The summed E-state index contributed by atoms with van der Waals surface area (Å²) in [5.41, 5.74) is 8.91. The number of carbonyl (C=O) groups is 2. The standard InChI is InChI=1S/C30H27IN2O2/c31-26-18-16-22(17-19-26)20-27(29(32)35)33-28(34)21-30(23-10-4-1-5-11-23,24-12-6-2-7-13-24)25-14-8-3-9-15-25/h1-19,27H,20-21H2,(H2,32,35)(H,33,34)/t27-/m1/s1. The molecule has 0 aliphatic rings. The van der Waals surface area contributed by atoms with Crippen LogP contribution in [0.1, 0.15) is 28.7 Å². The topological polar surface area (TPSA) is 72.2 Å². The number of nitrogens with one attached hydrogen (secondary N) is 1. The number of hydrogen-bond acceptors (Lipinski definition) is 2. The third-order valence-electron chi connectivity index (χ3n) is 6.26. The summed E-state index contributed by atoms with van der Waals surface area (Å²) < 4.78 is 1.10. The van der Waals surface area contributed by atoms with Crippen LogP contribution in [-0.2, 0) is 21.4 Å². The number of halogens is 1. The van der Waals surface area contributed by atoms with Crippen LogP contribution in [0.5, 0.6) is 0 Å². The van der Waals surface area contributed by atoms with Crippen LogP contribution in [0.15, 0.2) is 115 Å². The third-order valence-corrected chi connectivity index (χ3v) is 6.98. The van der Waals surface area contributed by atoms with Gasteiger partial charge in [0.1, 0.15) is 6.04 Å². The lowest BCUT2D eigenvalue weighted by Gasteiger charge is -2.36. The molecule has 2 amide bonds. The first-order valence-corrected chi connectivity index (χ1v) is 12.6. The van der Waals surface area contributed by atoms with Gasteiger partial charge in [-0.3, -0.25) is 9.59 Å². The van der Waals surface area contributed by atoms with Crippen LogP contribution >= 0.6 is 22.6 Å². The molecule has 0 heterocycles. The van der Waals surface area contributed by atoms with Crippen molar-refractivity contribution in [2.24, 2.45) is 5.73 Å². The van der Waals surface area contributed by atoms with E-state index in [-0.39, 0.29) is 12.3 Å². The second kappa shape index (κ2) is 11.3. The van der Waals surface area contributed by atoms with Crippen LogP contribution in [0.2, 0.25) is 0 Å². The number of nitrogens with two attached hydrogens (primary N) is 1. The normalized spacial score (nSPS) is 12.0. The molecule has 0 spiro atoms. The summed E-state index contributed by atoms with van der Waals surface area (Å²) in [5.74, 6) is -0.794. The second-order valence-electron chi connectivity index (χ2n) is 8.53. The Morgan fingerprint density at radius 3 is 1.54 bits per heavy atom. The molecule has 35 heavy (non-hydrogen) atoms. The van der Waals surface area contributed by atoms with E-state index in [4.69, 9.17) is 5.73 Å². The molecule has 176 valence electrons. The van der Waals surface area contributed by atoms with Crippen molar-refractivity contribution in [2.75, 3.05) is 0 Å². The van der Waals surface area contributed by atoms with Crippen molar-refractivity contribution >= 4 is 34.4 Å². The van der Waals surface area contributed by atoms with E-state index in [1.807, 2.05) is 115 Å². The maximum Gasteiger partial charge on any atom is 0.240 e. The zero-order valence-corrected chi connectivity index (χ0v) is 21.4. The molecular weight excluding hydrogens is 547 g/mol. The molecule has 0 fully saturated rings. The van der Waals surface area contributed by atoms with Gasteiger partial charge in [0.05, 0.1) is 5.41 Å². The highest BCUT2D eigenvalue weighted by Crippen LogP contribution is 2.42. The van der Waals surface area contributed by atoms with Crippen LogP contribution < -0.4 is 11.1 Å². The number of primary amides is 1. The Morgan fingerprint density at radius 2 is 1.14 bits per heavy atom. The fourth-order valence-electron chi connectivity index (χ4n) is 4.54. The predicted molar refractivity (Wildman–Crippen MR) is 148 cm³/mol. The van der Waals surface area contributed by atoms with Crippen molar-refractivity contribution < 1.29 is 9.59 Å². The van der Waals surface area contributed by atoms with Crippen LogP contribution in [0, 0.1) is 3.57 Å². The van der Waals surface area contributed by atoms with Crippen LogP contribution in [-0.4, -0.2) is 17.9 Å². The fourth-order valence-corrected chi connectivity index (χ4v) is 4.90. The van der Waals surface area contributed by atoms with E-state index in [2.05, 4.69) is 27.9 Å². The number of carbonyl (C=O) groups excluding carboxylic acids is 2. The predicted octanol–water partition coefficient (Wildman–Crippen LogP) is 5.23. The molecule has 0 aliphatic carbocycles. The molecule has 4 nitrogen and oxygen atoms in total. The number of hydrogen-bond donors (Lipinski definition) is 2. The van der Waals surface area contributed by atoms with Crippen molar-refractivity contribution in [1.29, 1.82) is 0 Å². The molecule has 0 radical (unpaired) electrons. The van der Waals surface area contributed by atoms with E-state index in [9.17, 15) is 9.59 Å². The molecular formula is C30H27IN2O2. The summed E-state index contributed by atoms with van der Waals surface area (Å²) in [4.78, 5) is 25.9. The fraction of sp³-hybridized carbons (Fsp3) is 0.133. The first-order valence-electron chi connectivity index (χ1n) is 11.5. The van der Waals surface area contributed by atoms with Crippen molar-refractivity contribution in [1.82, 2.24) is 5.32 Å².